The molecular formula is C30H42N2O4. The number of aryl methyl sites for hydroxylation is 1. The van der Waals surface area contributed by atoms with Gasteiger partial charge < -0.3 is 15.2 Å². The minimum Gasteiger partial charge on any atom is -0.493 e. The van der Waals surface area contributed by atoms with Gasteiger partial charge in [-0.2, -0.15) is 0 Å². The van der Waals surface area contributed by atoms with E-state index >= 15 is 0 Å². The first-order valence-corrected chi connectivity index (χ1v) is 13.6. The van der Waals surface area contributed by atoms with E-state index in [1.54, 1.807) is 11.9 Å². The largest absolute Gasteiger partial charge is 0.493 e. The third-order valence-corrected chi connectivity index (χ3v) is 7.03. The van der Waals surface area contributed by atoms with E-state index in [4.69, 9.17) is 9.84 Å². The first kappa shape index (κ1) is 27.6. The van der Waals surface area contributed by atoms with Crippen LogP contribution in [0, 0.1) is 5.92 Å². The summed E-state index contributed by atoms with van der Waals surface area (Å²) in [6.07, 6.45) is 11.3. The molecule has 36 heavy (non-hydrogen) atoms. The Kier molecular flexibility index (Phi) is 11.1. The number of unbranched alkanes of at least 4 members (excludes halogenated alkanes) is 4. The zero-order chi connectivity index (χ0) is 25.8. The van der Waals surface area contributed by atoms with Crippen LogP contribution in [0.5, 0.6) is 5.75 Å². The smallest absolute Gasteiger partial charge is 0.321 e. The molecule has 1 aliphatic rings. The molecule has 6 heteroatoms. The summed E-state index contributed by atoms with van der Waals surface area (Å²) in [4.78, 5) is 25.4. The molecular weight excluding hydrogens is 452 g/mol. The zero-order valence-electron chi connectivity index (χ0n) is 21.9. The minimum absolute atomic E-state index is 0.0927. The normalized spacial score (nSPS) is 13.5. The fraction of sp³-hybridized carbons (Fsp3) is 0.533. The maximum atomic E-state index is 12.7. The van der Waals surface area contributed by atoms with Gasteiger partial charge in [0.1, 0.15) is 5.75 Å². The van der Waals surface area contributed by atoms with Crippen LogP contribution in [0.25, 0.3) is 11.1 Å². The van der Waals surface area contributed by atoms with E-state index in [9.17, 15) is 9.59 Å². The van der Waals surface area contributed by atoms with Crippen LogP contribution >= 0.6 is 0 Å². The predicted octanol–water partition coefficient (Wildman–Crippen LogP) is 7.06. The quantitative estimate of drug-likeness (QED) is 0.276. The summed E-state index contributed by atoms with van der Waals surface area (Å²) in [5.74, 6) is 0.548. The number of carboxylic acid groups (broad SMARTS) is 1. The number of hydrogen-bond acceptors (Lipinski definition) is 3. The molecule has 0 spiro atoms. The third kappa shape index (κ3) is 8.58. The van der Waals surface area contributed by atoms with Gasteiger partial charge in [0.25, 0.3) is 0 Å². The highest BCUT2D eigenvalue weighted by atomic mass is 16.5. The number of nitrogens with one attached hydrogen (secondary N) is 1. The number of anilines is 1. The van der Waals surface area contributed by atoms with E-state index in [0.29, 0.717) is 25.5 Å². The number of aliphatic carboxylic acids is 1. The maximum absolute atomic E-state index is 12.7. The number of amides is 2. The highest BCUT2D eigenvalue weighted by molar-refractivity contribution is 5.92. The van der Waals surface area contributed by atoms with Gasteiger partial charge in [-0.25, -0.2) is 4.79 Å². The number of hydrogen-bond donors (Lipinski definition) is 2. The van der Waals surface area contributed by atoms with Crippen LogP contribution in [0.4, 0.5) is 10.5 Å². The number of nitrogens with zero attached hydrogens (tertiary/aromatic N) is 1. The van der Waals surface area contributed by atoms with Crippen molar-refractivity contribution >= 4 is 17.7 Å². The van der Waals surface area contributed by atoms with Gasteiger partial charge in [-0.05, 0) is 60.9 Å². The van der Waals surface area contributed by atoms with Crippen molar-refractivity contribution in [2.45, 2.75) is 77.6 Å². The molecule has 0 atom stereocenters. The molecule has 2 N–H and O–H groups in total. The number of ether oxygens (including phenoxy) is 1. The van der Waals surface area contributed by atoms with E-state index < -0.39 is 5.97 Å². The molecule has 0 unspecified atom stereocenters. The number of urea groups is 1. The lowest BCUT2D eigenvalue weighted by molar-refractivity contribution is -0.136. The van der Waals surface area contributed by atoms with E-state index in [1.165, 1.54) is 44.9 Å². The molecule has 0 bridgehead atoms. The maximum Gasteiger partial charge on any atom is 0.321 e. The minimum atomic E-state index is -0.803. The highest BCUT2D eigenvalue weighted by Gasteiger charge is 2.18. The average molecular weight is 495 g/mol. The lowest BCUT2D eigenvalue weighted by atomic mass is 10.00. The van der Waals surface area contributed by atoms with Crippen LogP contribution < -0.4 is 15.0 Å². The van der Waals surface area contributed by atoms with Crippen molar-refractivity contribution in [1.29, 1.82) is 0 Å². The van der Waals surface area contributed by atoms with Crippen LogP contribution in [0.3, 0.4) is 0 Å². The van der Waals surface area contributed by atoms with Gasteiger partial charge in [0, 0.05) is 31.3 Å². The van der Waals surface area contributed by atoms with Gasteiger partial charge in [0.05, 0.1) is 6.61 Å². The summed E-state index contributed by atoms with van der Waals surface area (Å²) >= 11 is 0. The van der Waals surface area contributed by atoms with Crippen LogP contribution in [0.1, 0.15) is 76.7 Å². The average Bonchev–Trinajstić information content (AvgIpc) is 3.41. The number of rotatable bonds is 14. The molecule has 1 fully saturated rings. The summed E-state index contributed by atoms with van der Waals surface area (Å²) < 4.78 is 6.32. The van der Waals surface area contributed by atoms with Crippen LogP contribution in [-0.2, 0) is 11.2 Å². The van der Waals surface area contributed by atoms with Gasteiger partial charge in [-0.3, -0.25) is 9.69 Å². The number of carbonyl (C=O) groups is 2. The molecule has 2 aromatic carbocycles. The molecule has 196 valence electrons. The van der Waals surface area contributed by atoms with Crippen molar-refractivity contribution in [3.8, 4) is 16.9 Å². The Morgan fingerprint density at radius 3 is 2.58 bits per heavy atom. The molecule has 0 aliphatic heterocycles. The van der Waals surface area contributed by atoms with Gasteiger partial charge in [0.2, 0.25) is 0 Å². The molecule has 2 amide bonds. The number of carbonyl (C=O) groups excluding carboxylic acids is 1. The van der Waals surface area contributed by atoms with Crippen molar-refractivity contribution in [1.82, 2.24) is 5.32 Å². The van der Waals surface area contributed by atoms with E-state index in [1.807, 2.05) is 42.5 Å². The Morgan fingerprint density at radius 1 is 1.06 bits per heavy atom. The fourth-order valence-electron chi connectivity index (χ4n) is 4.76. The van der Waals surface area contributed by atoms with Gasteiger partial charge >= 0.3 is 12.0 Å². The molecule has 6 nitrogen and oxygen atoms in total. The SMILES string of the molecule is CCCCCCCNC(=O)N(C)c1cccc(-c2ccc(CCC(=O)O)cc2OCC2CCCC2)c1. The first-order chi connectivity index (χ1) is 17.5. The predicted molar refractivity (Wildman–Crippen MR) is 146 cm³/mol. The second-order valence-electron chi connectivity index (χ2n) is 9.94. The summed E-state index contributed by atoms with van der Waals surface area (Å²) in [6.45, 7) is 3.56. The van der Waals surface area contributed by atoms with Gasteiger partial charge in [-0.1, -0.05) is 69.7 Å². The summed E-state index contributed by atoms with van der Waals surface area (Å²) in [5, 5.41) is 12.1. The standard InChI is InChI=1S/C30H42N2O4/c1-3-4-5-6-9-19-31-30(35)32(2)26-14-10-13-25(21-26)27-17-15-23(16-18-29(33)34)20-28(27)36-22-24-11-7-8-12-24/h10,13-15,17,20-21,24H,3-9,11-12,16,18-19,22H2,1-2H3,(H,31,35)(H,33,34). The topological polar surface area (TPSA) is 78.9 Å². The Morgan fingerprint density at radius 2 is 1.83 bits per heavy atom. The fourth-order valence-corrected chi connectivity index (χ4v) is 4.76. The van der Waals surface area contributed by atoms with Crippen LogP contribution in [0.2, 0.25) is 0 Å². The monoisotopic (exact) mass is 494 g/mol. The molecule has 0 heterocycles. The van der Waals surface area contributed by atoms with Crippen molar-refractivity contribution in [3.05, 3.63) is 48.0 Å². The van der Waals surface area contributed by atoms with Crippen molar-refractivity contribution < 1.29 is 19.4 Å². The zero-order valence-corrected chi connectivity index (χ0v) is 21.9. The van der Waals surface area contributed by atoms with Crippen molar-refractivity contribution in [3.63, 3.8) is 0 Å². The Balaban J connectivity index is 1.72. The summed E-state index contributed by atoms with van der Waals surface area (Å²) in [6, 6.07) is 13.8. The second-order valence-corrected chi connectivity index (χ2v) is 9.94. The molecule has 2 aromatic rings. The van der Waals surface area contributed by atoms with Crippen LogP contribution in [0.15, 0.2) is 42.5 Å². The molecule has 3 rings (SSSR count). The number of benzene rings is 2. The van der Waals surface area contributed by atoms with Crippen molar-refractivity contribution in [2.24, 2.45) is 5.92 Å². The molecule has 1 saturated carbocycles. The summed E-state index contributed by atoms with van der Waals surface area (Å²) in [5.41, 5.74) is 3.69. The summed E-state index contributed by atoms with van der Waals surface area (Å²) in [7, 11) is 1.79. The second kappa shape index (κ2) is 14.5. The highest BCUT2D eigenvalue weighted by Crippen LogP contribution is 2.35. The van der Waals surface area contributed by atoms with Gasteiger partial charge in [-0.15, -0.1) is 0 Å². The van der Waals surface area contributed by atoms with E-state index in [2.05, 4.69) is 12.2 Å². The lowest BCUT2D eigenvalue weighted by Crippen LogP contribution is -2.37. The Hall–Kier alpha value is -3.02. The lowest BCUT2D eigenvalue weighted by Gasteiger charge is -2.20. The van der Waals surface area contributed by atoms with E-state index in [0.717, 1.165) is 41.0 Å². The van der Waals surface area contributed by atoms with Crippen LogP contribution in [-0.4, -0.2) is 37.3 Å². The van der Waals surface area contributed by atoms with E-state index in [-0.39, 0.29) is 12.5 Å². The molecule has 1 aliphatic carbocycles. The number of carboxylic acids is 1. The Labute approximate surface area is 216 Å². The Bertz CT molecular complexity index is 985. The molecule has 0 saturated heterocycles. The molecule has 0 aromatic heterocycles. The van der Waals surface area contributed by atoms with Crippen molar-refractivity contribution in [2.75, 3.05) is 25.1 Å². The van der Waals surface area contributed by atoms with Gasteiger partial charge in [0.15, 0.2) is 0 Å². The third-order valence-electron chi connectivity index (χ3n) is 7.03. The molecule has 0 radical (unpaired) electrons. The first-order valence-electron chi connectivity index (χ1n) is 13.6.